The van der Waals surface area contributed by atoms with Crippen LogP contribution in [0.25, 0.3) is 0 Å². The molecule has 2 rings (SSSR count). The maximum Gasteiger partial charge on any atom is 0.330 e. The zero-order chi connectivity index (χ0) is 18.1. The molecular formula is C14H20N4O6. The molecule has 0 bridgehead atoms. The maximum atomic E-state index is 12.2. The molecule has 0 saturated heterocycles. The molecule has 2 unspecified atom stereocenters. The number of carbonyl (C=O) groups excluding carboxylic acids is 1. The van der Waals surface area contributed by atoms with Crippen molar-refractivity contribution in [2.75, 3.05) is 6.61 Å². The van der Waals surface area contributed by atoms with Crippen molar-refractivity contribution in [2.45, 2.75) is 45.4 Å². The number of carboxylic acid groups (broad SMARTS) is 1. The molecule has 2 atom stereocenters. The molecule has 1 aromatic rings. The molecule has 1 aliphatic rings. The van der Waals surface area contributed by atoms with E-state index >= 15 is 0 Å². The fraction of sp³-hybridized carbons (Fsp3) is 0.643. The largest absolute Gasteiger partial charge is 0.479 e. The molecule has 0 radical (unpaired) electrons. The van der Waals surface area contributed by atoms with Gasteiger partial charge in [-0.05, 0) is 6.92 Å². The molecule has 10 heteroatoms. The number of hydrogen-bond donors (Lipinski definition) is 2. The van der Waals surface area contributed by atoms with Crippen molar-refractivity contribution in [1.29, 1.82) is 0 Å². The van der Waals surface area contributed by atoms with Crippen molar-refractivity contribution in [2.24, 2.45) is 5.41 Å². The Balaban J connectivity index is 2.10. The lowest BCUT2D eigenvalue weighted by Gasteiger charge is -2.58. The zero-order valence-corrected chi connectivity index (χ0v) is 13.7. The molecule has 1 aliphatic carbocycles. The molecule has 1 amide bonds. The highest BCUT2D eigenvalue weighted by Crippen LogP contribution is 2.51. The van der Waals surface area contributed by atoms with Crippen molar-refractivity contribution < 1.29 is 24.4 Å². The molecule has 24 heavy (non-hydrogen) atoms. The Morgan fingerprint density at radius 2 is 2.25 bits per heavy atom. The van der Waals surface area contributed by atoms with Gasteiger partial charge in [0, 0.05) is 18.4 Å². The Morgan fingerprint density at radius 1 is 1.58 bits per heavy atom. The molecule has 1 fully saturated rings. The van der Waals surface area contributed by atoms with Crippen LogP contribution in [-0.2, 0) is 20.9 Å². The van der Waals surface area contributed by atoms with E-state index < -0.39 is 27.8 Å². The third kappa shape index (κ3) is 2.84. The van der Waals surface area contributed by atoms with Crippen molar-refractivity contribution in [3.63, 3.8) is 0 Å². The standard InChI is InChI=1S/C14H20N4O6/c1-4-24-10-5-14(12(20)21,13(10,2)3)16-11(19)8-17-7-9(6-15-17)18(22)23/h6-7,10H,4-5,8H2,1-3H3,(H,16,19)(H,20,21). The van der Waals surface area contributed by atoms with E-state index in [9.17, 15) is 24.8 Å². The fourth-order valence-electron chi connectivity index (χ4n) is 3.00. The van der Waals surface area contributed by atoms with E-state index in [1.165, 1.54) is 0 Å². The van der Waals surface area contributed by atoms with Gasteiger partial charge in [0.25, 0.3) is 0 Å². The number of carbonyl (C=O) groups is 2. The molecule has 0 spiro atoms. The van der Waals surface area contributed by atoms with E-state index in [0.717, 1.165) is 17.1 Å². The lowest BCUT2D eigenvalue weighted by Crippen LogP contribution is -2.76. The first kappa shape index (κ1) is 17.9. The molecule has 1 aromatic heterocycles. The normalized spacial score (nSPS) is 24.9. The number of amides is 1. The molecule has 1 heterocycles. The second-order valence-electron chi connectivity index (χ2n) is 6.28. The monoisotopic (exact) mass is 340 g/mol. The van der Waals surface area contributed by atoms with E-state index in [1.54, 1.807) is 13.8 Å². The molecule has 0 aromatic carbocycles. The van der Waals surface area contributed by atoms with Gasteiger partial charge in [0.05, 0.1) is 11.0 Å². The van der Waals surface area contributed by atoms with Gasteiger partial charge in [0.15, 0.2) is 0 Å². The number of hydrogen-bond acceptors (Lipinski definition) is 6. The molecule has 0 aliphatic heterocycles. The predicted molar refractivity (Wildman–Crippen MR) is 81.2 cm³/mol. The van der Waals surface area contributed by atoms with E-state index in [0.29, 0.717) is 6.61 Å². The lowest BCUT2D eigenvalue weighted by atomic mass is 9.54. The van der Waals surface area contributed by atoms with Gasteiger partial charge in [-0.25, -0.2) is 4.79 Å². The number of nitrogens with zero attached hydrogens (tertiary/aromatic N) is 3. The van der Waals surface area contributed by atoms with Gasteiger partial charge in [-0.1, -0.05) is 13.8 Å². The summed E-state index contributed by atoms with van der Waals surface area (Å²) in [4.78, 5) is 34.0. The lowest BCUT2D eigenvalue weighted by molar-refractivity contribution is -0.385. The van der Waals surface area contributed by atoms with Gasteiger partial charge < -0.3 is 15.2 Å². The number of aromatic nitrogens is 2. The Bertz CT molecular complexity index is 670. The van der Waals surface area contributed by atoms with Gasteiger partial charge in [0.1, 0.15) is 24.5 Å². The van der Waals surface area contributed by atoms with Crippen molar-refractivity contribution >= 4 is 17.6 Å². The van der Waals surface area contributed by atoms with Crippen LogP contribution in [0.5, 0.6) is 0 Å². The topological polar surface area (TPSA) is 137 Å². The number of rotatable bonds is 7. The minimum atomic E-state index is -1.44. The average molecular weight is 340 g/mol. The summed E-state index contributed by atoms with van der Waals surface area (Å²) in [6, 6.07) is 0. The van der Waals surface area contributed by atoms with Gasteiger partial charge in [-0.2, -0.15) is 5.10 Å². The minimum absolute atomic E-state index is 0.161. The summed E-state index contributed by atoms with van der Waals surface area (Å²) in [5, 5.41) is 26.5. The first-order valence-corrected chi connectivity index (χ1v) is 7.47. The average Bonchev–Trinajstić information content (AvgIpc) is 2.94. The van der Waals surface area contributed by atoms with Gasteiger partial charge in [0.2, 0.25) is 5.91 Å². The van der Waals surface area contributed by atoms with Crippen molar-refractivity contribution in [3.05, 3.63) is 22.5 Å². The Morgan fingerprint density at radius 3 is 2.71 bits per heavy atom. The highest BCUT2D eigenvalue weighted by Gasteiger charge is 2.66. The molecule has 2 N–H and O–H groups in total. The Labute approximate surface area is 137 Å². The maximum absolute atomic E-state index is 12.2. The first-order valence-electron chi connectivity index (χ1n) is 7.47. The molecule has 1 saturated carbocycles. The molecule has 10 nitrogen and oxygen atoms in total. The quantitative estimate of drug-likeness (QED) is 0.546. The summed E-state index contributed by atoms with van der Waals surface area (Å²) in [7, 11) is 0. The Kier molecular flexibility index (Phi) is 4.61. The number of aliphatic carboxylic acids is 1. The summed E-state index contributed by atoms with van der Waals surface area (Å²) in [6.45, 7) is 5.42. The smallest absolute Gasteiger partial charge is 0.330 e. The first-order chi connectivity index (χ1) is 11.1. The molecule has 132 valence electrons. The van der Waals surface area contributed by atoms with Crippen LogP contribution < -0.4 is 5.32 Å². The highest BCUT2D eigenvalue weighted by atomic mass is 16.6. The van der Waals surface area contributed by atoms with Gasteiger partial charge >= 0.3 is 11.7 Å². The summed E-state index contributed by atoms with van der Waals surface area (Å²) >= 11 is 0. The van der Waals surface area contributed by atoms with Crippen LogP contribution in [0.1, 0.15) is 27.2 Å². The van der Waals surface area contributed by atoms with E-state index in [-0.39, 0.29) is 24.8 Å². The van der Waals surface area contributed by atoms with Crippen LogP contribution in [-0.4, -0.2) is 49.9 Å². The summed E-state index contributed by atoms with van der Waals surface area (Å²) in [5.41, 5.74) is -2.47. The van der Waals surface area contributed by atoms with E-state index in [2.05, 4.69) is 10.4 Å². The predicted octanol–water partition coefficient (Wildman–Crippen LogP) is 0.566. The van der Waals surface area contributed by atoms with Crippen LogP contribution >= 0.6 is 0 Å². The number of nitro groups is 1. The van der Waals surface area contributed by atoms with Crippen LogP contribution in [0.3, 0.4) is 0 Å². The van der Waals surface area contributed by atoms with Crippen molar-refractivity contribution in [1.82, 2.24) is 15.1 Å². The molecular weight excluding hydrogens is 320 g/mol. The zero-order valence-electron chi connectivity index (χ0n) is 13.7. The van der Waals surface area contributed by atoms with Crippen molar-refractivity contribution in [3.8, 4) is 0 Å². The van der Waals surface area contributed by atoms with Crippen LogP contribution in [0.2, 0.25) is 0 Å². The third-order valence-electron chi connectivity index (χ3n) is 4.62. The minimum Gasteiger partial charge on any atom is -0.479 e. The van der Waals surface area contributed by atoms with Crippen LogP contribution in [0.15, 0.2) is 12.4 Å². The van der Waals surface area contributed by atoms with E-state index in [4.69, 9.17) is 4.74 Å². The summed E-state index contributed by atoms with van der Waals surface area (Å²) < 4.78 is 6.61. The SMILES string of the molecule is CCOC1CC(NC(=O)Cn2cc([N+](=O)[O-])cn2)(C(=O)O)C1(C)C. The third-order valence-corrected chi connectivity index (χ3v) is 4.62. The summed E-state index contributed by atoms with van der Waals surface area (Å²) in [5.74, 6) is -1.72. The van der Waals surface area contributed by atoms with Gasteiger partial charge in [-0.3, -0.25) is 19.6 Å². The van der Waals surface area contributed by atoms with Crippen LogP contribution in [0, 0.1) is 15.5 Å². The van der Waals surface area contributed by atoms with Gasteiger partial charge in [-0.15, -0.1) is 0 Å². The van der Waals surface area contributed by atoms with E-state index in [1.807, 2.05) is 6.92 Å². The van der Waals surface area contributed by atoms with Crippen LogP contribution in [0.4, 0.5) is 5.69 Å². The second kappa shape index (κ2) is 6.19. The summed E-state index contributed by atoms with van der Waals surface area (Å²) in [6.07, 6.45) is 2.03. The second-order valence-corrected chi connectivity index (χ2v) is 6.28. The Hall–Kier alpha value is -2.49. The fourth-order valence-corrected chi connectivity index (χ4v) is 3.00. The highest BCUT2D eigenvalue weighted by molar-refractivity contribution is 5.89. The number of carboxylic acids is 1. The number of nitrogens with one attached hydrogen (secondary N) is 1. The number of ether oxygens (including phenoxy) is 1.